The summed E-state index contributed by atoms with van der Waals surface area (Å²) >= 11 is 3.69. The molecular weight excluding hydrogens is 326 g/mol. The standard InChI is InChI=1S/C18H22BrNO/c1-4-20-18(16-10-9-13(3)11-17(16)19)14-7-6-8-15(12-14)21-5-2/h6-12,18,20H,4-5H2,1-3H3. The molecule has 2 nitrogen and oxygen atoms in total. The van der Waals surface area contributed by atoms with E-state index in [0.717, 1.165) is 16.8 Å². The van der Waals surface area contributed by atoms with E-state index in [-0.39, 0.29) is 6.04 Å². The molecule has 0 aliphatic carbocycles. The Morgan fingerprint density at radius 1 is 1.14 bits per heavy atom. The topological polar surface area (TPSA) is 21.3 Å². The number of rotatable bonds is 6. The van der Waals surface area contributed by atoms with E-state index in [1.165, 1.54) is 16.7 Å². The first kappa shape index (κ1) is 16.1. The Hall–Kier alpha value is -1.32. The molecule has 0 fully saturated rings. The molecule has 0 radical (unpaired) electrons. The van der Waals surface area contributed by atoms with Gasteiger partial charge in [0.2, 0.25) is 0 Å². The van der Waals surface area contributed by atoms with Gasteiger partial charge in [0.05, 0.1) is 12.6 Å². The molecule has 0 aromatic heterocycles. The second-order valence-electron chi connectivity index (χ2n) is 5.02. The molecule has 0 saturated carbocycles. The van der Waals surface area contributed by atoms with Crippen molar-refractivity contribution in [2.75, 3.05) is 13.2 Å². The quantitative estimate of drug-likeness (QED) is 0.805. The van der Waals surface area contributed by atoms with Crippen molar-refractivity contribution in [3.8, 4) is 5.75 Å². The van der Waals surface area contributed by atoms with Crippen LogP contribution >= 0.6 is 15.9 Å². The van der Waals surface area contributed by atoms with E-state index in [4.69, 9.17) is 4.74 Å². The molecule has 1 N–H and O–H groups in total. The zero-order valence-corrected chi connectivity index (χ0v) is 14.4. The Morgan fingerprint density at radius 3 is 2.62 bits per heavy atom. The van der Waals surface area contributed by atoms with E-state index < -0.39 is 0 Å². The number of aryl methyl sites for hydroxylation is 1. The number of hydrogen-bond donors (Lipinski definition) is 1. The second-order valence-corrected chi connectivity index (χ2v) is 5.88. The van der Waals surface area contributed by atoms with Crippen molar-refractivity contribution in [3.05, 3.63) is 63.6 Å². The number of nitrogens with one attached hydrogen (secondary N) is 1. The first-order valence-electron chi connectivity index (χ1n) is 7.37. The van der Waals surface area contributed by atoms with Gasteiger partial charge in [-0.15, -0.1) is 0 Å². The van der Waals surface area contributed by atoms with Crippen LogP contribution in [-0.4, -0.2) is 13.2 Å². The summed E-state index contributed by atoms with van der Waals surface area (Å²) in [5.74, 6) is 0.918. The van der Waals surface area contributed by atoms with E-state index in [1.807, 2.05) is 19.1 Å². The maximum atomic E-state index is 5.62. The Morgan fingerprint density at radius 2 is 1.95 bits per heavy atom. The van der Waals surface area contributed by atoms with Crippen LogP contribution in [0.1, 0.15) is 36.6 Å². The predicted octanol–water partition coefficient (Wildman–Crippen LogP) is 4.86. The van der Waals surface area contributed by atoms with Crippen LogP contribution in [0.25, 0.3) is 0 Å². The van der Waals surface area contributed by atoms with E-state index in [0.29, 0.717) is 6.61 Å². The summed E-state index contributed by atoms with van der Waals surface area (Å²) in [5.41, 5.74) is 3.72. The smallest absolute Gasteiger partial charge is 0.119 e. The van der Waals surface area contributed by atoms with E-state index in [1.54, 1.807) is 0 Å². The first-order chi connectivity index (χ1) is 10.2. The molecule has 21 heavy (non-hydrogen) atoms. The Labute approximate surface area is 135 Å². The largest absolute Gasteiger partial charge is 0.494 e. The highest BCUT2D eigenvalue weighted by Gasteiger charge is 2.16. The zero-order valence-electron chi connectivity index (χ0n) is 12.8. The molecule has 2 aromatic rings. The Balaban J connectivity index is 2.40. The Bertz CT molecular complexity index is 598. The van der Waals surface area contributed by atoms with Crippen LogP contribution in [-0.2, 0) is 0 Å². The molecule has 0 heterocycles. The van der Waals surface area contributed by atoms with Gasteiger partial charge < -0.3 is 10.1 Å². The minimum absolute atomic E-state index is 0.158. The monoisotopic (exact) mass is 347 g/mol. The minimum atomic E-state index is 0.158. The fraction of sp³-hybridized carbons (Fsp3) is 0.333. The number of ether oxygens (including phenoxy) is 1. The highest BCUT2D eigenvalue weighted by atomic mass is 79.9. The first-order valence-corrected chi connectivity index (χ1v) is 8.17. The highest BCUT2D eigenvalue weighted by molar-refractivity contribution is 9.10. The molecule has 2 aromatic carbocycles. The van der Waals surface area contributed by atoms with Gasteiger partial charge in [-0.3, -0.25) is 0 Å². The number of hydrogen-bond acceptors (Lipinski definition) is 2. The molecule has 2 rings (SSSR count). The number of benzene rings is 2. The summed E-state index contributed by atoms with van der Waals surface area (Å²) in [4.78, 5) is 0. The van der Waals surface area contributed by atoms with Crippen molar-refractivity contribution in [1.82, 2.24) is 5.32 Å². The lowest BCUT2D eigenvalue weighted by atomic mass is 9.97. The van der Waals surface area contributed by atoms with Crippen LogP contribution < -0.4 is 10.1 Å². The van der Waals surface area contributed by atoms with E-state index in [2.05, 4.69) is 65.4 Å². The van der Waals surface area contributed by atoms with Gasteiger partial charge in [0.25, 0.3) is 0 Å². The van der Waals surface area contributed by atoms with Crippen molar-refractivity contribution in [3.63, 3.8) is 0 Å². The van der Waals surface area contributed by atoms with Gasteiger partial charge in [-0.1, -0.05) is 47.1 Å². The van der Waals surface area contributed by atoms with Crippen LogP contribution in [0.4, 0.5) is 0 Å². The molecular formula is C18H22BrNO. The van der Waals surface area contributed by atoms with Gasteiger partial charge >= 0.3 is 0 Å². The fourth-order valence-electron chi connectivity index (χ4n) is 2.43. The molecule has 0 spiro atoms. The summed E-state index contributed by atoms with van der Waals surface area (Å²) in [7, 11) is 0. The van der Waals surface area contributed by atoms with Gasteiger partial charge in [-0.2, -0.15) is 0 Å². The SMILES string of the molecule is CCNC(c1cccc(OCC)c1)c1ccc(C)cc1Br. The second kappa shape index (κ2) is 7.62. The van der Waals surface area contributed by atoms with Crippen molar-refractivity contribution < 1.29 is 4.74 Å². The summed E-state index contributed by atoms with van der Waals surface area (Å²) < 4.78 is 6.76. The fourth-order valence-corrected chi connectivity index (χ4v) is 3.15. The molecule has 0 amide bonds. The van der Waals surface area contributed by atoms with E-state index in [9.17, 15) is 0 Å². The lowest BCUT2D eigenvalue weighted by Gasteiger charge is -2.21. The van der Waals surface area contributed by atoms with Gasteiger partial charge in [0.1, 0.15) is 5.75 Å². The summed E-state index contributed by atoms with van der Waals surface area (Å²) in [6.07, 6.45) is 0. The average Bonchev–Trinajstić information content (AvgIpc) is 2.46. The molecule has 0 aliphatic heterocycles. The molecule has 0 bridgehead atoms. The van der Waals surface area contributed by atoms with Gasteiger partial charge in [-0.05, 0) is 55.3 Å². The summed E-state index contributed by atoms with van der Waals surface area (Å²) in [6, 6.07) is 15.0. The summed E-state index contributed by atoms with van der Waals surface area (Å²) in [5, 5.41) is 3.56. The maximum absolute atomic E-state index is 5.62. The van der Waals surface area contributed by atoms with Crippen LogP contribution in [0, 0.1) is 6.92 Å². The van der Waals surface area contributed by atoms with Crippen LogP contribution in [0.15, 0.2) is 46.9 Å². The minimum Gasteiger partial charge on any atom is -0.494 e. The van der Waals surface area contributed by atoms with Crippen molar-refractivity contribution >= 4 is 15.9 Å². The van der Waals surface area contributed by atoms with Crippen molar-refractivity contribution in [2.45, 2.75) is 26.8 Å². The molecule has 0 saturated heterocycles. The van der Waals surface area contributed by atoms with Crippen LogP contribution in [0.3, 0.4) is 0 Å². The lowest BCUT2D eigenvalue weighted by molar-refractivity contribution is 0.339. The van der Waals surface area contributed by atoms with E-state index >= 15 is 0 Å². The summed E-state index contributed by atoms with van der Waals surface area (Å²) in [6.45, 7) is 7.83. The molecule has 1 atom stereocenters. The molecule has 3 heteroatoms. The van der Waals surface area contributed by atoms with Gasteiger partial charge in [0, 0.05) is 4.47 Å². The average molecular weight is 348 g/mol. The third kappa shape index (κ3) is 4.08. The van der Waals surface area contributed by atoms with Gasteiger partial charge in [-0.25, -0.2) is 0 Å². The Kier molecular flexibility index (Phi) is 5.83. The number of halogens is 1. The zero-order chi connectivity index (χ0) is 15.2. The van der Waals surface area contributed by atoms with Crippen molar-refractivity contribution in [1.29, 1.82) is 0 Å². The van der Waals surface area contributed by atoms with Gasteiger partial charge in [0.15, 0.2) is 0 Å². The third-order valence-electron chi connectivity index (χ3n) is 3.38. The normalized spacial score (nSPS) is 12.2. The third-order valence-corrected chi connectivity index (χ3v) is 4.06. The van der Waals surface area contributed by atoms with Crippen LogP contribution in [0.2, 0.25) is 0 Å². The predicted molar refractivity (Wildman–Crippen MR) is 92.0 cm³/mol. The maximum Gasteiger partial charge on any atom is 0.119 e. The lowest BCUT2D eigenvalue weighted by Crippen LogP contribution is -2.22. The molecule has 112 valence electrons. The van der Waals surface area contributed by atoms with Crippen LogP contribution in [0.5, 0.6) is 5.75 Å². The highest BCUT2D eigenvalue weighted by Crippen LogP contribution is 2.31. The van der Waals surface area contributed by atoms with Crippen molar-refractivity contribution in [2.24, 2.45) is 0 Å². The molecule has 1 unspecified atom stereocenters. The molecule has 0 aliphatic rings.